The lowest BCUT2D eigenvalue weighted by Gasteiger charge is -2.12. The van der Waals surface area contributed by atoms with Crippen molar-refractivity contribution in [2.24, 2.45) is 0 Å². The van der Waals surface area contributed by atoms with Gasteiger partial charge in [-0.25, -0.2) is 4.39 Å². The predicted molar refractivity (Wildman–Crippen MR) is 74.4 cm³/mol. The van der Waals surface area contributed by atoms with Crippen LogP contribution in [0.4, 0.5) is 17.6 Å². The van der Waals surface area contributed by atoms with Gasteiger partial charge in [-0.3, -0.25) is 4.79 Å². The zero-order valence-electron chi connectivity index (χ0n) is 11.7. The van der Waals surface area contributed by atoms with Gasteiger partial charge < -0.3 is 4.90 Å². The number of amides is 1. The molecular formula is C16H13F4NO. The molecule has 6 heteroatoms. The van der Waals surface area contributed by atoms with E-state index in [1.54, 1.807) is 6.07 Å². The topological polar surface area (TPSA) is 20.3 Å². The summed E-state index contributed by atoms with van der Waals surface area (Å²) in [6.45, 7) is 0.128. The molecule has 1 amide bonds. The Morgan fingerprint density at radius 3 is 2.14 bits per heavy atom. The van der Waals surface area contributed by atoms with Crippen molar-refractivity contribution in [3.8, 4) is 11.1 Å². The highest BCUT2D eigenvalue weighted by atomic mass is 19.4. The highest BCUT2D eigenvalue weighted by Gasteiger charge is 2.29. The molecule has 2 nitrogen and oxygen atoms in total. The number of hydrogen-bond acceptors (Lipinski definition) is 1. The fourth-order valence-corrected chi connectivity index (χ4v) is 2.01. The first-order valence-corrected chi connectivity index (χ1v) is 6.43. The average molecular weight is 311 g/mol. The first-order chi connectivity index (χ1) is 10.3. The molecule has 0 atom stereocenters. The second kappa shape index (κ2) is 6.17. The first kappa shape index (κ1) is 16.0. The van der Waals surface area contributed by atoms with Crippen molar-refractivity contribution in [3.63, 3.8) is 0 Å². The highest BCUT2D eigenvalue weighted by molar-refractivity contribution is 5.64. The summed E-state index contributed by atoms with van der Waals surface area (Å²) in [5.74, 6) is -0.508. The fraction of sp³-hybridized carbons (Fsp3) is 0.188. The summed E-state index contributed by atoms with van der Waals surface area (Å²) in [5, 5.41) is 0. The van der Waals surface area contributed by atoms with E-state index in [4.69, 9.17) is 0 Å². The maximum absolute atomic E-state index is 14.0. The number of halogens is 4. The number of benzene rings is 2. The average Bonchev–Trinajstić information content (AvgIpc) is 2.48. The molecule has 116 valence electrons. The molecule has 0 bridgehead atoms. The molecule has 0 aliphatic carbocycles. The van der Waals surface area contributed by atoms with Gasteiger partial charge in [0.2, 0.25) is 6.41 Å². The number of rotatable bonds is 4. The Balaban J connectivity index is 2.26. The van der Waals surface area contributed by atoms with E-state index in [2.05, 4.69) is 0 Å². The van der Waals surface area contributed by atoms with E-state index in [9.17, 15) is 22.4 Å². The van der Waals surface area contributed by atoms with E-state index in [0.29, 0.717) is 23.1 Å². The smallest absolute Gasteiger partial charge is 0.344 e. The Bertz CT molecular complexity index is 665. The van der Waals surface area contributed by atoms with Crippen LogP contribution in [0.25, 0.3) is 11.1 Å². The van der Waals surface area contributed by atoms with Crippen LogP contribution >= 0.6 is 0 Å². The van der Waals surface area contributed by atoms with Gasteiger partial charge in [0.25, 0.3) is 0 Å². The summed E-state index contributed by atoms with van der Waals surface area (Å²) in [6, 6.07) is 8.89. The number of hydrogen-bond donors (Lipinski definition) is 0. The van der Waals surface area contributed by atoms with Crippen molar-refractivity contribution in [3.05, 3.63) is 59.4 Å². The van der Waals surface area contributed by atoms with Gasteiger partial charge in [0.1, 0.15) is 5.82 Å². The molecule has 0 unspecified atom stereocenters. The lowest BCUT2D eigenvalue weighted by atomic mass is 10.0. The minimum atomic E-state index is -4.40. The van der Waals surface area contributed by atoms with E-state index in [1.165, 1.54) is 36.2 Å². The van der Waals surface area contributed by atoms with E-state index < -0.39 is 17.6 Å². The molecule has 0 radical (unpaired) electrons. The largest absolute Gasteiger partial charge is 0.416 e. The van der Waals surface area contributed by atoms with E-state index >= 15 is 0 Å². The maximum atomic E-state index is 14.0. The Kier molecular flexibility index (Phi) is 4.49. The molecule has 22 heavy (non-hydrogen) atoms. The van der Waals surface area contributed by atoms with Crippen LogP contribution in [0, 0.1) is 5.82 Å². The standard InChI is InChI=1S/C16H13F4NO/c1-21(10-22)9-13-3-2-12(8-15(13)17)11-4-6-14(7-5-11)16(18,19)20/h2-8,10H,9H2,1H3. The lowest BCUT2D eigenvalue weighted by molar-refractivity contribution is -0.137. The van der Waals surface area contributed by atoms with Gasteiger partial charge in [0.05, 0.1) is 5.56 Å². The normalized spacial score (nSPS) is 11.3. The minimum Gasteiger partial charge on any atom is -0.344 e. The summed E-state index contributed by atoms with van der Waals surface area (Å²) in [7, 11) is 1.52. The van der Waals surface area contributed by atoms with Gasteiger partial charge in [-0.15, -0.1) is 0 Å². The van der Waals surface area contributed by atoms with Crippen LogP contribution < -0.4 is 0 Å². The molecule has 0 spiro atoms. The third-order valence-electron chi connectivity index (χ3n) is 3.20. The van der Waals surface area contributed by atoms with Crippen molar-refractivity contribution in [1.29, 1.82) is 0 Å². The zero-order valence-corrected chi connectivity index (χ0v) is 11.7. The number of alkyl halides is 3. The van der Waals surface area contributed by atoms with E-state index in [1.807, 2.05) is 0 Å². The number of carbonyl (C=O) groups is 1. The van der Waals surface area contributed by atoms with Crippen molar-refractivity contribution in [2.45, 2.75) is 12.7 Å². The molecule has 0 N–H and O–H groups in total. The molecule has 0 aliphatic rings. The second-order valence-electron chi connectivity index (χ2n) is 4.90. The molecule has 0 aliphatic heterocycles. The van der Waals surface area contributed by atoms with Crippen LogP contribution in [0.1, 0.15) is 11.1 Å². The van der Waals surface area contributed by atoms with Crippen LogP contribution in [0.15, 0.2) is 42.5 Å². The third kappa shape index (κ3) is 3.63. The number of carbonyl (C=O) groups excluding carboxylic acids is 1. The molecule has 2 aromatic carbocycles. The molecule has 0 fully saturated rings. The van der Waals surface area contributed by atoms with Crippen molar-refractivity contribution in [1.82, 2.24) is 4.90 Å². The molecule has 0 heterocycles. The van der Waals surface area contributed by atoms with Crippen molar-refractivity contribution < 1.29 is 22.4 Å². The molecular weight excluding hydrogens is 298 g/mol. The van der Waals surface area contributed by atoms with Gasteiger partial charge in [0.15, 0.2) is 0 Å². The van der Waals surface area contributed by atoms with Gasteiger partial charge in [-0.05, 0) is 29.3 Å². The van der Waals surface area contributed by atoms with Crippen LogP contribution in [0.2, 0.25) is 0 Å². The summed E-state index contributed by atoms with van der Waals surface area (Å²) < 4.78 is 51.5. The SMILES string of the molecule is CN(C=O)Cc1ccc(-c2ccc(C(F)(F)F)cc2)cc1F. The van der Waals surface area contributed by atoms with Crippen LogP contribution in [-0.2, 0) is 17.5 Å². The van der Waals surface area contributed by atoms with Crippen molar-refractivity contribution >= 4 is 6.41 Å². The Labute approximate surface area is 125 Å². The first-order valence-electron chi connectivity index (χ1n) is 6.43. The molecule has 0 aromatic heterocycles. The summed E-state index contributed by atoms with van der Waals surface area (Å²) in [6.07, 6.45) is -3.81. The Morgan fingerprint density at radius 1 is 1.05 bits per heavy atom. The quantitative estimate of drug-likeness (QED) is 0.615. The highest BCUT2D eigenvalue weighted by Crippen LogP contribution is 2.31. The maximum Gasteiger partial charge on any atom is 0.416 e. The minimum absolute atomic E-state index is 0.128. The van der Waals surface area contributed by atoms with Crippen LogP contribution in [0.3, 0.4) is 0 Å². The zero-order chi connectivity index (χ0) is 16.3. The molecule has 0 saturated carbocycles. The van der Waals surface area contributed by atoms with Gasteiger partial charge in [0, 0.05) is 19.2 Å². The van der Waals surface area contributed by atoms with Crippen LogP contribution in [-0.4, -0.2) is 18.4 Å². The number of nitrogens with zero attached hydrogens (tertiary/aromatic N) is 1. The molecule has 2 rings (SSSR count). The summed E-state index contributed by atoms with van der Waals surface area (Å²) >= 11 is 0. The van der Waals surface area contributed by atoms with Crippen LogP contribution in [0.5, 0.6) is 0 Å². The second-order valence-corrected chi connectivity index (χ2v) is 4.90. The Morgan fingerprint density at radius 2 is 1.64 bits per heavy atom. The van der Waals surface area contributed by atoms with Crippen molar-refractivity contribution in [2.75, 3.05) is 7.05 Å². The van der Waals surface area contributed by atoms with Gasteiger partial charge >= 0.3 is 6.18 Å². The van der Waals surface area contributed by atoms with Gasteiger partial charge in [-0.2, -0.15) is 13.2 Å². The van der Waals surface area contributed by atoms with E-state index in [0.717, 1.165) is 12.1 Å². The third-order valence-corrected chi connectivity index (χ3v) is 3.20. The molecule has 2 aromatic rings. The molecule has 0 saturated heterocycles. The summed E-state index contributed by atoms with van der Waals surface area (Å²) in [5.41, 5.74) is 0.553. The predicted octanol–water partition coefficient (Wildman–Crippen LogP) is 4.10. The monoisotopic (exact) mass is 311 g/mol. The van der Waals surface area contributed by atoms with Gasteiger partial charge in [-0.1, -0.05) is 24.3 Å². The summed E-state index contributed by atoms with van der Waals surface area (Å²) in [4.78, 5) is 11.8. The fourth-order valence-electron chi connectivity index (χ4n) is 2.01. The lowest BCUT2D eigenvalue weighted by Crippen LogP contribution is -2.15. The Hall–Kier alpha value is -2.37. The van der Waals surface area contributed by atoms with E-state index in [-0.39, 0.29) is 6.54 Å².